The molecule has 2 aromatic rings. The number of carbonyl (C=O) groups excluding carboxylic acids is 2. The van der Waals surface area contributed by atoms with E-state index in [4.69, 9.17) is 4.74 Å². The maximum atomic E-state index is 13.0. The fourth-order valence-corrected chi connectivity index (χ4v) is 4.05. The number of hydrogen-bond donors (Lipinski definition) is 0. The predicted octanol–water partition coefficient (Wildman–Crippen LogP) is 2.40. The van der Waals surface area contributed by atoms with Gasteiger partial charge in [0.15, 0.2) is 0 Å². The Kier molecular flexibility index (Phi) is 5.19. The van der Waals surface area contributed by atoms with Crippen LogP contribution in [0.25, 0.3) is 0 Å². The van der Waals surface area contributed by atoms with Crippen molar-refractivity contribution in [2.45, 2.75) is 6.42 Å². The minimum Gasteiger partial charge on any atom is -0.495 e. The maximum absolute atomic E-state index is 13.0. The van der Waals surface area contributed by atoms with Crippen molar-refractivity contribution in [1.29, 1.82) is 0 Å². The van der Waals surface area contributed by atoms with Crippen LogP contribution in [0.4, 0.5) is 11.4 Å². The van der Waals surface area contributed by atoms with E-state index in [1.54, 1.807) is 12.0 Å². The van der Waals surface area contributed by atoms with Crippen LogP contribution < -0.4 is 14.5 Å². The lowest BCUT2D eigenvalue weighted by Gasteiger charge is -2.37. The van der Waals surface area contributed by atoms with Crippen LogP contribution in [0.5, 0.6) is 5.75 Å². The summed E-state index contributed by atoms with van der Waals surface area (Å²) >= 11 is 0. The van der Waals surface area contributed by atoms with Gasteiger partial charge in [0.1, 0.15) is 5.75 Å². The van der Waals surface area contributed by atoms with Gasteiger partial charge in [-0.05, 0) is 24.3 Å². The molecule has 2 fully saturated rings. The van der Waals surface area contributed by atoms with Crippen LogP contribution in [0.2, 0.25) is 0 Å². The Bertz CT molecular complexity index is 847. The van der Waals surface area contributed by atoms with E-state index in [1.165, 1.54) is 0 Å². The van der Waals surface area contributed by atoms with Crippen molar-refractivity contribution in [1.82, 2.24) is 4.90 Å². The summed E-state index contributed by atoms with van der Waals surface area (Å²) in [4.78, 5) is 31.3. The second kappa shape index (κ2) is 7.92. The zero-order valence-electron chi connectivity index (χ0n) is 16.1. The van der Waals surface area contributed by atoms with Gasteiger partial charge < -0.3 is 19.4 Å². The Hall–Kier alpha value is -3.02. The molecule has 4 rings (SSSR count). The highest BCUT2D eigenvalue weighted by molar-refractivity contribution is 6.00. The highest BCUT2D eigenvalue weighted by Gasteiger charge is 2.38. The molecule has 0 saturated carbocycles. The molecule has 0 N–H and O–H groups in total. The Morgan fingerprint density at radius 3 is 2.36 bits per heavy atom. The summed E-state index contributed by atoms with van der Waals surface area (Å²) in [6, 6.07) is 17.5. The van der Waals surface area contributed by atoms with Crippen LogP contribution in [0.3, 0.4) is 0 Å². The van der Waals surface area contributed by atoms with Crippen molar-refractivity contribution in [2.75, 3.05) is 49.6 Å². The third-order valence-corrected chi connectivity index (χ3v) is 5.56. The van der Waals surface area contributed by atoms with E-state index < -0.39 is 0 Å². The quantitative estimate of drug-likeness (QED) is 0.819. The van der Waals surface area contributed by atoms with Crippen molar-refractivity contribution in [3.8, 4) is 5.75 Å². The molecule has 0 unspecified atom stereocenters. The fraction of sp³-hybridized carbons (Fsp3) is 0.364. The number of benzene rings is 2. The summed E-state index contributed by atoms with van der Waals surface area (Å²) in [5.74, 6) is 0.705. The number of carbonyl (C=O) groups is 2. The first-order chi connectivity index (χ1) is 13.7. The van der Waals surface area contributed by atoms with Gasteiger partial charge in [-0.25, -0.2) is 0 Å². The van der Waals surface area contributed by atoms with E-state index in [0.717, 1.165) is 30.2 Å². The standard InChI is InChI=1S/C22H25N3O3/c1-28-20-10-6-5-9-19(20)23-11-13-24(14-12-23)22(27)17-15-21(26)25(16-17)18-7-3-2-4-8-18/h2-10,17H,11-16H2,1H3/t17-/m1/s1. The molecule has 0 aromatic heterocycles. The molecule has 2 aliphatic heterocycles. The van der Waals surface area contributed by atoms with Crippen LogP contribution in [0.15, 0.2) is 54.6 Å². The summed E-state index contributed by atoms with van der Waals surface area (Å²) < 4.78 is 5.45. The average molecular weight is 379 g/mol. The highest BCUT2D eigenvalue weighted by Crippen LogP contribution is 2.30. The lowest BCUT2D eigenvalue weighted by atomic mass is 10.1. The van der Waals surface area contributed by atoms with Crippen LogP contribution in [0.1, 0.15) is 6.42 Å². The number of methoxy groups -OCH3 is 1. The molecular formula is C22H25N3O3. The van der Waals surface area contributed by atoms with Gasteiger partial charge in [-0.15, -0.1) is 0 Å². The summed E-state index contributed by atoms with van der Waals surface area (Å²) in [5, 5.41) is 0. The number of para-hydroxylation sites is 3. The summed E-state index contributed by atoms with van der Waals surface area (Å²) in [7, 11) is 1.67. The largest absolute Gasteiger partial charge is 0.495 e. The van der Waals surface area contributed by atoms with Gasteiger partial charge in [-0.2, -0.15) is 0 Å². The number of nitrogens with zero attached hydrogens (tertiary/aromatic N) is 3. The molecule has 0 spiro atoms. The summed E-state index contributed by atoms with van der Waals surface area (Å²) in [6.45, 7) is 3.30. The van der Waals surface area contributed by atoms with Crippen LogP contribution in [-0.2, 0) is 9.59 Å². The molecule has 2 aliphatic rings. The summed E-state index contributed by atoms with van der Waals surface area (Å²) in [6.07, 6.45) is 0.292. The molecule has 2 heterocycles. The average Bonchev–Trinajstić information content (AvgIpc) is 3.15. The maximum Gasteiger partial charge on any atom is 0.228 e. The molecule has 2 aromatic carbocycles. The Morgan fingerprint density at radius 1 is 0.964 bits per heavy atom. The number of anilines is 2. The minimum atomic E-state index is -0.259. The molecule has 6 heteroatoms. The SMILES string of the molecule is COc1ccccc1N1CCN(C(=O)[C@@H]2CC(=O)N(c3ccccc3)C2)CC1. The summed E-state index contributed by atoms with van der Waals surface area (Å²) in [5.41, 5.74) is 1.92. The molecular weight excluding hydrogens is 354 g/mol. The van der Waals surface area contributed by atoms with E-state index in [2.05, 4.69) is 4.90 Å². The first-order valence-electron chi connectivity index (χ1n) is 9.69. The van der Waals surface area contributed by atoms with Gasteiger partial charge in [0.05, 0.1) is 18.7 Å². The number of rotatable bonds is 4. The van der Waals surface area contributed by atoms with Gasteiger partial charge in [-0.1, -0.05) is 30.3 Å². The Morgan fingerprint density at radius 2 is 1.64 bits per heavy atom. The zero-order chi connectivity index (χ0) is 19.5. The first kappa shape index (κ1) is 18.3. The van der Waals surface area contributed by atoms with Crippen LogP contribution in [-0.4, -0.2) is 56.5 Å². The predicted molar refractivity (Wildman–Crippen MR) is 109 cm³/mol. The molecule has 2 saturated heterocycles. The topological polar surface area (TPSA) is 53.1 Å². The Labute approximate surface area is 165 Å². The van der Waals surface area contributed by atoms with E-state index >= 15 is 0 Å². The van der Waals surface area contributed by atoms with Gasteiger partial charge in [0.25, 0.3) is 0 Å². The zero-order valence-corrected chi connectivity index (χ0v) is 16.1. The molecule has 6 nitrogen and oxygen atoms in total. The second-order valence-corrected chi connectivity index (χ2v) is 7.23. The van der Waals surface area contributed by atoms with Crippen molar-refractivity contribution >= 4 is 23.2 Å². The number of ether oxygens (including phenoxy) is 1. The van der Waals surface area contributed by atoms with Crippen LogP contribution >= 0.6 is 0 Å². The molecule has 0 radical (unpaired) electrons. The molecule has 0 bridgehead atoms. The third kappa shape index (κ3) is 3.54. The van der Waals surface area contributed by atoms with E-state index in [9.17, 15) is 9.59 Å². The number of piperazine rings is 1. The van der Waals surface area contributed by atoms with Crippen LogP contribution in [0, 0.1) is 5.92 Å². The van der Waals surface area contributed by atoms with Gasteiger partial charge in [-0.3, -0.25) is 9.59 Å². The van der Waals surface area contributed by atoms with Crippen molar-refractivity contribution in [3.63, 3.8) is 0 Å². The molecule has 2 amide bonds. The minimum absolute atomic E-state index is 0.0252. The molecule has 146 valence electrons. The highest BCUT2D eigenvalue weighted by atomic mass is 16.5. The fourth-order valence-electron chi connectivity index (χ4n) is 4.05. The lowest BCUT2D eigenvalue weighted by Crippen LogP contribution is -2.50. The third-order valence-electron chi connectivity index (χ3n) is 5.56. The first-order valence-corrected chi connectivity index (χ1v) is 9.69. The Balaban J connectivity index is 1.37. The van der Waals surface area contributed by atoms with E-state index in [0.29, 0.717) is 26.1 Å². The second-order valence-electron chi connectivity index (χ2n) is 7.23. The molecule has 1 atom stereocenters. The van der Waals surface area contributed by atoms with Gasteiger partial charge in [0.2, 0.25) is 11.8 Å². The monoisotopic (exact) mass is 379 g/mol. The number of hydrogen-bond acceptors (Lipinski definition) is 4. The van der Waals surface area contributed by atoms with Crippen molar-refractivity contribution in [2.24, 2.45) is 5.92 Å². The molecule has 28 heavy (non-hydrogen) atoms. The lowest BCUT2D eigenvalue weighted by molar-refractivity contribution is -0.136. The van der Waals surface area contributed by atoms with Crippen molar-refractivity contribution in [3.05, 3.63) is 54.6 Å². The van der Waals surface area contributed by atoms with Gasteiger partial charge >= 0.3 is 0 Å². The van der Waals surface area contributed by atoms with Crippen molar-refractivity contribution < 1.29 is 14.3 Å². The van der Waals surface area contributed by atoms with E-state index in [-0.39, 0.29) is 17.7 Å². The number of amides is 2. The van der Waals surface area contributed by atoms with E-state index in [1.807, 2.05) is 59.5 Å². The van der Waals surface area contributed by atoms with Gasteiger partial charge in [0, 0.05) is 44.8 Å². The normalized spacial score (nSPS) is 19.8. The molecule has 0 aliphatic carbocycles. The smallest absolute Gasteiger partial charge is 0.228 e.